The second kappa shape index (κ2) is 5.37. The van der Waals surface area contributed by atoms with Crippen LogP contribution in [-0.2, 0) is 4.74 Å². The lowest BCUT2D eigenvalue weighted by Crippen LogP contribution is -2.02. The van der Waals surface area contributed by atoms with Gasteiger partial charge in [-0.3, -0.25) is 0 Å². The number of halogens is 1. The molecule has 0 N–H and O–H groups in total. The van der Waals surface area contributed by atoms with Crippen LogP contribution in [0.15, 0.2) is 17.2 Å². The van der Waals surface area contributed by atoms with Crippen molar-refractivity contribution in [3.63, 3.8) is 0 Å². The van der Waals surface area contributed by atoms with Crippen LogP contribution in [0.1, 0.15) is 24.2 Å². The van der Waals surface area contributed by atoms with Crippen molar-refractivity contribution in [1.29, 1.82) is 0 Å². The molecule has 0 bridgehead atoms. The van der Waals surface area contributed by atoms with Crippen molar-refractivity contribution in [3.8, 4) is 0 Å². The van der Waals surface area contributed by atoms with Gasteiger partial charge in [0, 0.05) is 5.25 Å². The summed E-state index contributed by atoms with van der Waals surface area (Å²) in [5.41, 5.74) is 0.431. The molecule has 1 heterocycles. The van der Waals surface area contributed by atoms with E-state index in [1.807, 2.05) is 13.8 Å². The third kappa shape index (κ3) is 3.72. The molecule has 1 aromatic heterocycles. The van der Waals surface area contributed by atoms with Crippen molar-refractivity contribution in [2.45, 2.75) is 24.1 Å². The van der Waals surface area contributed by atoms with Gasteiger partial charge >= 0.3 is 5.97 Å². The summed E-state index contributed by atoms with van der Waals surface area (Å²) in [6.07, 6.45) is 0. The Morgan fingerprint density at radius 1 is 1.53 bits per heavy atom. The minimum atomic E-state index is -0.398. The van der Waals surface area contributed by atoms with E-state index in [1.54, 1.807) is 17.8 Å². The van der Waals surface area contributed by atoms with Gasteiger partial charge in [0.1, 0.15) is 5.15 Å². The van der Waals surface area contributed by atoms with Crippen LogP contribution >= 0.6 is 23.4 Å². The van der Waals surface area contributed by atoms with Crippen molar-refractivity contribution < 1.29 is 9.53 Å². The second-order valence-corrected chi connectivity index (χ2v) is 5.16. The van der Waals surface area contributed by atoms with Gasteiger partial charge in [-0.05, 0) is 12.1 Å². The lowest BCUT2D eigenvalue weighted by molar-refractivity contribution is 0.0600. The van der Waals surface area contributed by atoms with Gasteiger partial charge in [-0.25, -0.2) is 9.78 Å². The van der Waals surface area contributed by atoms with E-state index >= 15 is 0 Å². The summed E-state index contributed by atoms with van der Waals surface area (Å²) in [6, 6.07) is 3.18. The Kier molecular flexibility index (Phi) is 4.42. The van der Waals surface area contributed by atoms with Gasteiger partial charge in [0.15, 0.2) is 0 Å². The molecule has 0 atom stereocenters. The summed E-state index contributed by atoms with van der Waals surface area (Å²) in [7, 11) is 1.34. The molecule has 0 amide bonds. The first-order chi connectivity index (χ1) is 7.02. The quantitative estimate of drug-likeness (QED) is 0.466. The van der Waals surface area contributed by atoms with Gasteiger partial charge in [-0.2, -0.15) is 0 Å². The van der Waals surface area contributed by atoms with Gasteiger partial charge in [-0.1, -0.05) is 25.4 Å². The van der Waals surface area contributed by atoms with Crippen molar-refractivity contribution in [1.82, 2.24) is 4.98 Å². The Balaban J connectivity index is 2.99. The zero-order valence-electron chi connectivity index (χ0n) is 8.78. The number of carbonyl (C=O) groups excluding carboxylic acids is 1. The van der Waals surface area contributed by atoms with Crippen molar-refractivity contribution in [2.24, 2.45) is 0 Å². The van der Waals surface area contributed by atoms with Crippen molar-refractivity contribution >= 4 is 29.3 Å². The Morgan fingerprint density at radius 3 is 2.73 bits per heavy atom. The molecule has 0 saturated carbocycles. The molecule has 0 saturated heterocycles. The molecule has 1 aromatic rings. The maximum Gasteiger partial charge on any atom is 0.338 e. The molecular formula is C10H12ClNO2S. The van der Waals surface area contributed by atoms with Crippen LogP contribution in [0, 0.1) is 0 Å². The lowest BCUT2D eigenvalue weighted by Gasteiger charge is -2.06. The molecule has 0 aliphatic heterocycles. The molecule has 1 rings (SSSR count). The Morgan fingerprint density at radius 2 is 2.20 bits per heavy atom. The molecule has 0 aromatic carbocycles. The molecule has 82 valence electrons. The molecule has 0 spiro atoms. The standard InChI is InChI=1S/C10H12ClNO2S/c1-6(2)15-9-5-7(10(13)14-3)4-8(11)12-9/h4-6H,1-3H3. The monoisotopic (exact) mass is 245 g/mol. The molecular weight excluding hydrogens is 234 g/mol. The van der Waals surface area contributed by atoms with Gasteiger partial charge < -0.3 is 4.74 Å². The summed E-state index contributed by atoms with van der Waals surface area (Å²) in [5.74, 6) is -0.398. The molecule has 0 aliphatic carbocycles. The molecule has 0 fully saturated rings. The van der Waals surface area contributed by atoms with E-state index in [1.165, 1.54) is 13.2 Å². The van der Waals surface area contributed by atoms with Crippen molar-refractivity contribution in [2.75, 3.05) is 7.11 Å². The largest absolute Gasteiger partial charge is 0.465 e. The number of carbonyl (C=O) groups is 1. The number of esters is 1. The second-order valence-electron chi connectivity index (χ2n) is 3.17. The van der Waals surface area contributed by atoms with Crippen LogP contribution in [-0.4, -0.2) is 23.3 Å². The normalized spacial score (nSPS) is 10.5. The summed E-state index contributed by atoms with van der Waals surface area (Å²) < 4.78 is 4.62. The Bertz CT molecular complexity index is 368. The molecule has 5 heteroatoms. The molecule has 0 radical (unpaired) electrons. The Labute approximate surface area is 98.2 Å². The molecule has 3 nitrogen and oxygen atoms in total. The fraction of sp³-hybridized carbons (Fsp3) is 0.400. The van der Waals surface area contributed by atoms with Crippen LogP contribution < -0.4 is 0 Å². The third-order valence-corrected chi connectivity index (χ3v) is 2.66. The van der Waals surface area contributed by atoms with Crippen molar-refractivity contribution in [3.05, 3.63) is 22.8 Å². The maximum atomic E-state index is 11.3. The van der Waals surface area contributed by atoms with E-state index in [0.29, 0.717) is 16.0 Å². The number of ether oxygens (including phenoxy) is 1. The molecule has 0 aliphatic rings. The van der Waals surface area contributed by atoms with Crippen LogP contribution in [0.25, 0.3) is 0 Å². The number of rotatable bonds is 3. The topological polar surface area (TPSA) is 39.2 Å². The van der Waals surface area contributed by atoms with Gasteiger partial charge in [0.05, 0.1) is 17.7 Å². The zero-order chi connectivity index (χ0) is 11.4. The maximum absolute atomic E-state index is 11.3. The highest BCUT2D eigenvalue weighted by atomic mass is 35.5. The highest BCUT2D eigenvalue weighted by Gasteiger charge is 2.10. The van der Waals surface area contributed by atoms with Gasteiger partial charge in [0.25, 0.3) is 0 Å². The van der Waals surface area contributed by atoms with Crippen LogP contribution in [0.4, 0.5) is 0 Å². The van der Waals surface area contributed by atoms with E-state index in [-0.39, 0.29) is 0 Å². The fourth-order valence-electron chi connectivity index (χ4n) is 1.01. The average Bonchev–Trinajstić information content (AvgIpc) is 2.14. The number of thioether (sulfide) groups is 1. The number of aromatic nitrogens is 1. The fourth-order valence-corrected chi connectivity index (χ4v) is 2.10. The average molecular weight is 246 g/mol. The Hall–Kier alpha value is -0.740. The molecule has 0 unspecified atom stereocenters. The van der Waals surface area contributed by atoms with Gasteiger partial charge in [-0.15, -0.1) is 11.8 Å². The van der Waals surface area contributed by atoms with E-state index in [2.05, 4.69) is 9.72 Å². The molecule has 15 heavy (non-hydrogen) atoms. The first kappa shape index (κ1) is 12.3. The summed E-state index contributed by atoms with van der Waals surface area (Å²) in [4.78, 5) is 15.4. The predicted octanol–water partition coefficient (Wildman–Crippen LogP) is 3.02. The van der Waals surface area contributed by atoms with Crippen LogP contribution in [0.2, 0.25) is 5.15 Å². The first-order valence-corrected chi connectivity index (χ1v) is 5.71. The minimum absolute atomic E-state index is 0.307. The van der Waals surface area contributed by atoms with E-state index in [4.69, 9.17) is 11.6 Å². The first-order valence-electron chi connectivity index (χ1n) is 4.45. The van der Waals surface area contributed by atoms with E-state index < -0.39 is 5.97 Å². The number of methoxy groups -OCH3 is 1. The van der Waals surface area contributed by atoms with Gasteiger partial charge in [0.2, 0.25) is 0 Å². The third-order valence-electron chi connectivity index (χ3n) is 1.55. The summed E-state index contributed by atoms with van der Waals surface area (Å²) in [5, 5.41) is 1.43. The van der Waals surface area contributed by atoms with Crippen LogP contribution in [0.5, 0.6) is 0 Å². The number of hydrogen-bond donors (Lipinski definition) is 0. The smallest absolute Gasteiger partial charge is 0.338 e. The van der Waals surface area contributed by atoms with E-state index in [9.17, 15) is 4.79 Å². The number of pyridine rings is 1. The SMILES string of the molecule is COC(=O)c1cc(Cl)nc(SC(C)C)c1. The zero-order valence-corrected chi connectivity index (χ0v) is 10.4. The predicted molar refractivity (Wildman–Crippen MR) is 61.6 cm³/mol. The minimum Gasteiger partial charge on any atom is -0.465 e. The van der Waals surface area contributed by atoms with Crippen LogP contribution in [0.3, 0.4) is 0 Å². The number of hydrogen-bond acceptors (Lipinski definition) is 4. The van der Waals surface area contributed by atoms with E-state index in [0.717, 1.165) is 5.03 Å². The highest BCUT2D eigenvalue weighted by Crippen LogP contribution is 2.24. The summed E-state index contributed by atoms with van der Waals surface area (Å²) >= 11 is 7.35. The summed E-state index contributed by atoms with van der Waals surface area (Å²) in [6.45, 7) is 4.09. The highest BCUT2D eigenvalue weighted by molar-refractivity contribution is 7.99. The number of nitrogens with zero attached hydrogens (tertiary/aromatic N) is 1. The lowest BCUT2D eigenvalue weighted by atomic mass is 10.3.